The van der Waals surface area contributed by atoms with E-state index in [4.69, 9.17) is 0 Å². The van der Waals surface area contributed by atoms with Crippen molar-refractivity contribution in [3.8, 4) is 11.1 Å². The van der Waals surface area contributed by atoms with Crippen LogP contribution in [0, 0.1) is 5.82 Å². The molecular formula is C26H30FN3O2S. The highest BCUT2D eigenvalue weighted by Gasteiger charge is 2.20. The number of hydrogen-bond acceptors (Lipinski definition) is 4. The Morgan fingerprint density at radius 3 is 2.30 bits per heavy atom. The Bertz CT molecular complexity index is 1180. The van der Waals surface area contributed by atoms with E-state index in [2.05, 4.69) is 22.0 Å². The second-order valence-corrected chi connectivity index (χ2v) is 10.3. The number of rotatable bonds is 8. The minimum Gasteiger partial charge on any atom is -0.310 e. The van der Waals surface area contributed by atoms with Crippen LogP contribution in [0.5, 0.6) is 0 Å². The van der Waals surface area contributed by atoms with Gasteiger partial charge in [-0.25, -0.2) is 17.5 Å². The van der Waals surface area contributed by atoms with Gasteiger partial charge < -0.3 is 10.2 Å². The molecule has 7 heteroatoms. The lowest BCUT2D eigenvalue weighted by Gasteiger charge is -2.29. The van der Waals surface area contributed by atoms with Gasteiger partial charge in [-0.15, -0.1) is 0 Å². The second-order valence-electron chi connectivity index (χ2n) is 8.61. The molecule has 33 heavy (non-hydrogen) atoms. The zero-order valence-corrected chi connectivity index (χ0v) is 19.6. The molecule has 1 aliphatic rings. The maximum absolute atomic E-state index is 14.8. The maximum atomic E-state index is 14.8. The number of benzene rings is 3. The Morgan fingerprint density at radius 2 is 1.58 bits per heavy atom. The summed E-state index contributed by atoms with van der Waals surface area (Å²) < 4.78 is 42.6. The molecule has 3 aromatic carbocycles. The lowest BCUT2D eigenvalue weighted by Crippen LogP contribution is -2.40. The van der Waals surface area contributed by atoms with Crippen LogP contribution >= 0.6 is 0 Å². The van der Waals surface area contributed by atoms with Crippen LogP contribution in [0.1, 0.15) is 24.0 Å². The average molecular weight is 468 g/mol. The number of nitrogens with zero attached hydrogens (tertiary/aromatic N) is 1. The van der Waals surface area contributed by atoms with Gasteiger partial charge in [0.25, 0.3) is 0 Å². The first kappa shape index (κ1) is 23.6. The first-order valence-corrected chi connectivity index (χ1v) is 12.7. The molecule has 2 N–H and O–H groups in total. The Morgan fingerprint density at radius 1 is 0.879 bits per heavy atom. The molecule has 0 atom stereocenters. The van der Waals surface area contributed by atoms with Crippen molar-refractivity contribution < 1.29 is 12.8 Å². The molecule has 0 bridgehead atoms. The summed E-state index contributed by atoms with van der Waals surface area (Å²) in [4.78, 5) is 2.00. The highest BCUT2D eigenvalue weighted by molar-refractivity contribution is 7.89. The number of piperidine rings is 1. The Balaban J connectivity index is 1.43. The summed E-state index contributed by atoms with van der Waals surface area (Å²) in [5, 5.41) is 3.62. The summed E-state index contributed by atoms with van der Waals surface area (Å²) in [7, 11) is -1.81. The van der Waals surface area contributed by atoms with Gasteiger partial charge in [-0.1, -0.05) is 54.6 Å². The van der Waals surface area contributed by atoms with Crippen LogP contribution in [0.2, 0.25) is 0 Å². The minimum absolute atomic E-state index is 0.108. The van der Waals surface area contributed by atoms with Gasteiger partial charge in [0.05, 0.1) is 0 Å². The van der Waals surface area contributed by atoms with Crippen LogP contribution in [0.25, 0.3) is 11.1 Å². The smallest absolute Gasteiger partial charge is 0.243 e. The van der Waals surface area contributed by atoms with E-state index in [1.807, 2.05) is 54.6 Å². The largest absolute Gasteiger partial charge is 0.310 e. The zero-order chi connectivity index (χ0) is 23.3. The quantitative estimate of drug-likeness (QED) is 0.522. The van der Waals surface area contributed by atoms with Gasteiger partial charge in [0.2, 0.25) is 10.0 Å². The fourth-order valence-corrected chi connectivity index (χ4v) is 5.16. The van der Waals surface area contributed by atoms with Crippen molar-refractivity contribution in [2.75, 3.05) is 20.1 Å². The van der Waals surface area contributed by atoms with Crippen molar-refractivity contribution >= 4 is 10.0 Å². The van der Waals surface area contributed by atoms with Crippen LogP contribution in [-0.2, 0) is 23.1 Å². The van der Waals surface area contributed by atoms with Crippen LogP contribution in [0.3, 0.4) is 0 Å². The van der Waals surface area contributed by atoms with E-state index in [-0.39, 0.29) is 11.4 Å². The summed E-state index contributed by atoms with van der Waals surface area (Å²) in [5.74, 6) is -0.761. The van der Waals surface area contributed by atoms with Crippen molar-refractivity contribution in [3.05, 3.63) is 89.7 Å². The van der Waals surface area contributed by atoms with Gasteiger partial charge in [-0.3, -0.25) is 0 Å². The SMILES string of the molecule is CN1CCC(NCc2cccc(-c3ccc(S(=O)(=O)NCc4ccccc4)c(F)c3)c2)CC1. The molecule has 0 saturated carbocycles. The molecule has 5 nitrogen and oxygen atoms in total. The molecule has 174 valence electrons. The van der Waals surface area contributed by atoms with E-state index in [0.29, 0.717) is 11.6 Å². The molecule has 1 saturated heterocycles. The minimum atomic E-state index is -3.96. The molecule has 1 heterocycles. The summed E-state index contributed by atoms with van der Waals surface area (Å²) in [6.07, 6.45) is 2.27. The molecule has 0 aliphatic carbocycles. The Kier molecular flexibility index (Phi) is 7.55. The molecule has 4 rings (SSSR count). The van der Waals surface area contributed by atoms with Crippen LogP contribution in [0.15, 0.2) is 77.7 Å². The van der Waals surface area contributed by atoms with Gasteiger partial charge in [-0.2, -0.15) is 0 Å². The molecule has 0 aromatic heterocycles. The van der Waals surface area contributed by atoms with E-state index >= 15 is 0 Å². The molecule has 0 amide bonds. The molecule has 0 spiro atoms. The van der Waals surface area contributed by atoms with Crippen LogP contribution < -0.4 is 10.0 Å². The van der Waals surface area contributed by atoms with E-state index in [1.165, 1.54) is 12.1 Å². The van der Waals surface area contributed by atoms with Crippen LogP contribution in [0.4, 0.5) is 4.39 Å². The van der Waals surface area contributed by atoms with E-state index in [9.17, 15) is 12.8 Å². The third-order valence-corrected chi connectivity index (χ3v) is 7.54. The first-order chi connectivity index (χ1) is 15.9. The third-order valence-electron chi connectivity index (χ3n) is 6.10. The second kappa shape index (κ2) is 10.6. The van der Waals surface area contributed by atoms with Crippen molar-refractivity contribution in [2.45, 2.75) is 36.9 Å². The predicted octanol–water partition coefficient (Wildman–Crippen LogP) is 4.16. The molecule has 3 aromatic rings. The Labute approximate surface area is 195 Å². The standard InChI is InChI=1S/C26H30FN3O2S/c1-30-14-12-24(13-15-30)28-18-21-8-5-9-22(16-21)23-10-11-26(25(27)17-23)33(31,32)29-19-20-6-3-2-4-7-20/h2-11,16-17,24,28-29H,12-15,18-19H2,1H3. The van der Waals surface area contributed by atoms with Gasteiger partial charge >= 0.3 is 0 Å². The molecule has 0 radical (unpaired) electrons. The number of sulfonamides is 1. The highest BCUT2D eigenvalue weighted by Crippen LogP contribution is 2.25. The summed E-state index contributed by atoms with van der Waals surface area (Å²) in [6.45, 7) is 3.07. The van der Waals surface area contributed by atoms with Gasteiger partial charge in [-0.05, 0) is 73.4 Å². The van der Waals surface area contributed by atoms with Gasteiger partial charge in [0.1, 0.15) is 10.7 Å². The number of halogens is 1. The summed E-state index contributed by atoms with van der Waals surface area (Å²) in [5.41, 5.74) is 3.44. The highest BCUT2D eigenvalue weighted by atomic mass is 32.2. The first-order valence-electron chi connectivity index (χ1n) is 11.2. The van der Waals surface area contributed by atoms with Crippen molar-refractivity contribution in [1.29, 1.82) is 0 Å². The van der Waals surface area contributed by atoms with E-state index < -0.39 is 15.8 Å². The van der Waals surface area contributed by atoms with Crippen molar-refractivity contribution in [1.82, 2.24) is 14.9 Å². The van der Waals surface area contributed by atoms with Crippen molar-refractivity contribution in [3.63, 3.8) is 0 Å². The zero-order valence-electron chi connectivity index (χ0n) is 18.8. The fourth-order valence-electron chi connectivity index (χ4n) is 4.09. The monoisotopic (exact) mass is 467 g/mol. The molecule has 0 unspecified atom stereocenters. The lowest BCUT2D eigenvalue weighted by atomic mass is 10.0. The summed E-state index contributed by atoms with van der Waals surface area (Å²) >= 11 is 0. The van der Waals surface area contributed by atoms with Gasteiger partial charge in [0.15, 0.2) is 0 Å². The molecule has 1 fully saturated rings. The number of hydrogen-bond donors (Lipinski definition) is 2. The normalized spacial score (nSPS) is 15.6. The Hall–Kier alpha value is -2.58. The number of nitrogens with one attached hydrogen (secondary N) is 2. The lowest BCUT2D eigenvalue weighted by molar-refractivity contribution is 0.234. The molecule has 1 aliphatic heterocycles. The van der Waals surface area contributed by atoms with Crippen LogP contribution in [-0.4, -0.2) is 39.5 Å². The predicted molar refractivity (Wildman–Crippen MR) is 130 cm³/mol. The summed E-state index contributed by atoms with van der Waals surface area (Å²) in [6, 6.07) is 21.9. The van der Waals surface area contributed by atoms with E-state index in [1.54, 1.807) is 6.07 Å². The molecular weight excluding hydrogens is 437 g/mol. The van der Waals surface area contributed by atoms with Gasteiger partial charge in [0, 0.05) is 19.1 Å². The number of likely N-dealkylation sites (tertiary alicyclic amines) is 1. The van der Waals surface area contributed by atoms with Crippen molar-refractivity contribution in [2.24, 2.45) is 0 Å². The third kappa shape index (κ3) is 6.26. The average Bonchev–Trinajstić information content (AvgIpc) is 2.83. The maximum Gasteiger partial charge on any atom is 0.243 e. The van der Waals surface area contributed by atoms with E-state index in [0.717, 1.165) is 49.2 Å². The fraction of sp³-hybridized carbons (Fsp3) is 0.308. The topological polar surface area (TPSA) is 61.4 Å².